The lowest BCUT2D eigenvalue weighted by molar-refractivity contribution is -0.131. The topological polar surface area (TPSA) is 94.7 Å². The van der Waals surface area contributed by atoms with Crippen LogP contribution in [0.5, 0.6) is 5.75 Å². The molecule has 1 aliphatic rings. The number of anilines is 1. The van der Waals surface area contributed by atoms with Crippen molar-refractivity contribution in [3.05, 3.63) is 82.7 Å². The quantitative estimate of drug-likeness (QED) is 0.368. The average Bonchev–Trinajstić information content (AvgIpc) is 3.60. The molecule has 1 atom stereocenters. The molecule has 0 unspecified atom stereocenters. The van der Waals surface area contributed by atoms with Gasteiger partial charge in [-0.15, -0.1) is 11.3 Å². The molecule has 35 heavy (non-hydrogen) atoms. The monoisotopic (exact) mass is 488 g/mol. The average molecular weight is 489 g/mol. The van der Waals surface area contributed by atoms with Crippen molar-refractivity contribution >= 4 is 45.8 Å². The number of H-pyrrole nitrogens is 1. The second-order valence-corrected chi connectivity index (χ2v) is 9.28. The Hall–Kier alpha value is -4.11. The van der Waals surface area contributed by atoms with E-state index in [0.717, 1.165) is 26.2 Å². The van der Waals surface area contributed by atoms with Crippen LogP contribution in [0.25, 0.3) is 10.9 Å². The molecule has 1 fully saturated rings. The number of carbonyl (C=O) groups excluding carboxylic acids is 3. The van der Waals surface area contributed by atoms with E-state index in [0.29, 0.717) is 24.4 Å². The van der Waals surface area contributed by atoms with Gasteiger partial charge >= 0.3 is 6.03 Å². The van der Waals surface area contributed by atoms with Gasteiger partial charge in [0.15, 0.2) is 0 Å². The largest absolute Gasteiger partial charge is 0.497 e. The third-order valence-electron chi connectivity index (χ3n) is 6.08. The summed E-state index contributed by atoms with van der Waals surface area (Å²) in [5.74, 6) is -0.0780. The van der Waals surface area contributed by atoms with Crippen LogP contribution in [0, 0.1) is 0 Å². The molecule has 8 nitrogen and oxygen atoms in total. The second-order valence-electron chi connectivity index (χ2n) is 8.25. The first-order valence-corrected chi connectivity index (χ1v) is 12.0. The van der Waals surface area contributed by atoms with E-state index in [4.69, 9.17) is 4.74 Å². The predicted octanol–water partition coefficient (Wildman–Crippen LogP) is 3.93. The minimum absolute atomic E-state index is 0.339. The maximum absolute atomic E-state index is 13.4. The zero-order chi connectivity index (χ0) is 24.4. The van der Waals surface area contributed by atoms with Gasteiger partial charge in [0.2, 0.25) is 5.91 Å². The van der Waals surface area contributed by atoms with Gasteiger partial charge in [-0.1, -0.05) is 24.3 Å². The van der Waals surface area contributed by atoms with Gasteiger partial charge in [-0.25, -0.2) is 4.79 Å². The van der Waals surface area contributed by atoms with E-state index in [2.05, 4.69) is 10.3 Å². The van der Waals surface area contributed by atoms with E-state index in [1.807, 2.05) is 48.0 Å². The van der Waals surface area contributed by atoms with E-state index in [9.17, 15) is 14.4 Å². The van der Waals surface area contributed by atoms with Crippen LogP contribution < -0.4 is 15.0 Å². The third kappa shape index (κ3) is 4.63. The Morgan fingerprint density at radius 2 is 1.89 bits per heavy atom. The Morgan fingerprint density at radius 1 is 1.09 bits per heavy atom. The summed E-state index contributed by atoms with van der Waals surface area (Å²) < 4.78 is 5.22. The molecule has 4 aromatic rings. The molecule has 2 N–H and O–H groups in total. The molecule has 0 spiro atoms. The molecular formula is C26H24N4O4S. The fourth-order valence-electron chi connectivity index (χ4n) is 4.25. The number of nitrogens with one attached hydrogen (secondary N) is 2. The summed E-state index contributed by atoms with van der Waals surface area (Å²) in [7, 11) is 1.58. The highest BCUT2D eigenvalue weighted by molar-refractivity contribution is 7.09. The van der Waals surface area contributed by atoms with Gasteiger partial charge in [-0.05, 0) is 47.3 Å². The van der Waals surface area contributed by atoms with E-state index in [1.54, 1.807) is 36.3 Å². The summed E-state index contributed by atoms with van der Waals surface area (Å²) in [5.41, 5.74) is 2.56. The Bertz CT molecular complexity index is 1360. The molecule has 9 heteroatoms. The van der Waals surface area contributed by atoms with Crippen molar-refractivity contribution in [2.24, 2.45) is 0 Å². The van der Waals surface area contributed by atoms with Crippen molar-refractivity contribution in [1.82, 2.24) is 15.2 Å². The van der Waals surface area contributed by atoms with Gasteiger partial charge in [0.1, 0.15) is 18.3 Å². The summed E-state index contributed by atoms with van der Waals surface area (Å²) in [6.07, 6.45) is 2.20. The normalized spacial score (nSPS) is 15.5. The molecule has 0 radical (unpaired) electrons. The van der Waals surface area contributed by atoms with Gasteiger partial charge < -0.3 is 19.9 Å². The van der Waals surface area contributed by atoms with Crippen molar-refractivity contribution in [2.45, 2.75) is 19.0 Å². The van der Waals surface area contributed by atoms with Crippen LogP contribution in [0.1, 0.15) is 10.4 Å². The van der Waals surface area contributed by atoms with Crippen LogP contribution in [-0.4, -0.2) is 47.4 Å². The number of amides is 4. The number of hydrogen-bond acceptors (Lipinski definition) is 5. The molecule has 2 aromatic heterocycles. The Kier molecular flexibility index (Phi) is 6.24. The molecule has 1 aliphatic heterocycles. The van der Waals surface area contributed by atoms with Gasteiger partial charge in [-0.2, -0.15) is 0 Å². The number of benzene rings is 2. The van der Waals surface area contributed by atoms with Crippen LogP contribution in [0.4, 0.5) is 10.5 Å². The minimum Gasteiger partial charge on any atom is -0.497 e. The predicted molar refractivity (Wildman–Crippen MR) is 135 cm³/mol. The standard InChI is InChI=1S/C26H24N4O4S/c1-34-19-10-8-18(9-11-19)29(15-20-5-4-12-35-20)24(31)16-30-25(32)23(28-26(30)33)13-17-14-27-22-7-3-2-6-21(17)22/h2-12,14,23,27H,13,15-16H2,1H3,(H,28,33)/t23-/m1/s1. The van der Waals surface area contributed by atoms with E-state index < -0.39 is 18.0 Å². The fourth-order valence-corrected chi connectivity index (χ4v) is 4.94. The number of carbonyl (C=O) groups is 3. The van der Waals surface area contributed by atoms with Crippen molar-refractivity contribution in [3.8, 4) is 5.75 Å². The SMILES string of the molecule is COc1ccc(N(Cc2cccs2)C(=O)CN2C(=O)N[C@H](Cc3c[nH]c4ccccc34)C2=O)cc1. The third-order valence-corrected chi connectivity index (χ3v) is 6.94. The van der Waals surface area contributed by atoms with Crippen LogP contribution in [0.2, 0.25) is 0 Å². The molecule has 1 saturated heterocycles. The highest BCUT2D eigenvalue weighted by Gasteiger charge is 2.40. The number of aromatic nitrogens is 1. The zero-order valence-corrected chi connectivity index (χ0v) is 19.9. The number of hydrogen-bond donors (Lipinski definition) is 2. The molecule has 5 rings (SSSR count). The Balaban J connectivity index is 1.33. The van der Waals surface area contributed by atoms with Crippen LogP contribution >= 0.6 is 11.3 Å². The number of rotatable bonds is 8. The van der Waals surface area contributed by atoms with Crippen LogP contribution in [0.15, 0.2) is 72.2 Å². The van der Waals surface area contributed by atoms with Crippen molar-refractivity contribution in [2.75, 3.05) is 18.6 Å². The number of urea groups is 1. The molecular weight excluding hydrogens is 464 g/mol. The number of thiophene rings is 1. The summed E-state index contributed by atoms with van der Waals surface area (Å²) in [6, 6.07) is 17.5. The molecule has 0 bridgehead atoms. The van der Waals surface area contributed by atoms with E-state index >= 15 is 0 Å². The minimum atomic E-state index is -0.721. The van der Waals surface area contributed by atoms with Crippen molar-refractivity contribution < 1.29 is 19.1 Å². The maximum atomic E-state index is 13.4. The number of fused-ring (bicyclic) bond motifs is 1. The summed E-state index contributed by atoms with van der Waals surface area (Å²) >= 11 is 1.54. The summed E-state index contributed by atoms with van der Waals surface area (Å²) in [5, 5.41) is 5.69. The first kappa shape index (κ1) is 22.7. The smallest absolute Gasteiger partial charge is 0.325 e. The van der Waals surface area contributed by atoms with Gasteiger partial charge in [0.05, 0.1) is 13.7 Å². The van der Waals surface area contributed by atoms with Gasteiger partial charge in [0.25, 0.3) is 5.91 Å². The maximum Gasteiger partial charge on any atom is 0.325 e. The summed E-state index contributed by atoms with van der Waals surface area (Å²) in [6.45, 7) is -0.00228. The second kappa shape index (κ2) is 9.63. The number of nitrogens with zero attached hydrogens (tertiary/aromatic N) is 2. The van der Waals surface area contributed by atoms with Gasteiger partial charge in [0, 0.05) is 34.1 Å². The molecule has 178 valence electrons. The molecule has 4 amide bonds. The highest BCUT2D eigenvalue weighted by Crippen LogP contribution is 2.24. The number of para-hydroxylation sites is 1. The fraction of sp³-hybridized carbons (Fsp3) is 0.192. The van der Waals surface area contributed by atoms with Crippen LogP contribution in [0.3, 0.4) is 0 Å². The highest BCUT2D eigenvalue weighted by atomic mass is 32.1. The van der Waals surface area contributed by atoms with Gasteiger partial charge in [-0.3, -0.25) is 14.5 Å². The summed E-state index contributed by atoms with van der Waals surface area (Å²) in [4.78, 5) is 46.0. The molecule has 0 saturated carbocycles. The first-order valence-electron chi connectivity index (χ1n) is 11.2. The lowest BCUT2D eigenvalue weighted by atomic mass is 10.1. The van der Waals surface area contributed by atoms with Crippen molar-refractivity contribution in [3.63, 3.8) is 0 Å². The Morgan fingerprint density at radius 3 is 2.63 bits per heavy atom. The number of aromatic amines is 1. The molecule has 2 aromatic carbocycles. The Labute approximate surface area is 206 Å². The van der Waals surface area contributed by atoms with E-state index in [-0.39, 0.29) is 12.5 Å². The molecule has 3 heterocycles. The lowest BCUT2D eigenvalue weighted by Gasteiger charge is -2.24. The van der Waals surface area contributed by atoms with E-state index in [1.165, 1.54) is 11.3 Å². The number of ether oxygens (including phenoxy) is 1. The lowest BCUT2D eigenvalue weighted by Crippen LogP contribution is -2.43. The van der Waals surface area contributed by atoms with Crippen LogP contribution in [-0.2, 0) is 22.6 Å². The number of imide groups is 1. The van der Waals surface area contributed by atoms with Crippen molar-refractivity contribution in [1.29, 1.82) is 0 Å². The first-order chi connectivity index (χ1) is 17.0. The molecule has 0 aliphatic carbocycles. The zero-order valence-electron chi connectivity index (χ0n) is 19.1. The number of methoxy groups -OCH3 is 1.